The molecule has 1 saturated heterocycles. The molecular formula is C16H14FNO4. The van der Waals surface area contributed by atoms with Crippen LogP contribution in [0.25, 0.3) is 0 Å². The minimum absolute atomic E-state index is 0.00594. The lowest BCUT2D eigenvalue weighted by Crippen LogP contribution is -2.30. The van der Waals surface area contributed by atoms with Crippen molar-refractivity contribution in [2.75, 3.05) is 6.54 Å². The van der Waals surface area contributed by atoms with Gasteiger partial charge in [0.1, 0.15) is 5.82 Å². The molecule has 1 aromatic heterocycles. The summed E-state index contributed by atoms with van der Waals surface area (Å²) in [4.78, 5) is 25.0. The molecule has 0 spiro atoms. The Bertz CT molecular complexity index is 707. The van der Waals surface area contributed by atoms with E-state index in [0.29, 0.717) is 6.54 Å². The number of nitrogens with zero attached hydrogens (tertiary/aromatic N) is 1. The standard InChI is InChI=1S/C16H14FNO4/c17-11-5-3-10(4-6-11)12-2-1-9-18(12)15(19)13-7-8-14(22-13)16(20)21/h3-8,12H,1-2,9H2,(H,20,21)/t12-/m0/s1. The summed E-state index contributed by atoms with van der Waals surface area (Å²) in [5.74, 6) is -2.14. The van der Waals surface area contributed by atoms with Crippen molar-refractivity contribution in [3.05, 3.63) is 59.3 Å². The van der Waals surface area contributed by atoms with Crippen LogP contribution in [0.1, 0.15) is 45.6 Å². The van der Waals surface area contributed by atoms with Crippen LogP contribution in [0.2, 0.25) is 0 Å². The van der Waals surface area contributed by atoms with E-state index in [0.717, 1.165) is 18.4 Å². The average molecular weight is 303 g/mol. The third-order valence-electron chi connectivity index (χ3n) is 3.80. The average Bonchev–Trinajstić information content (AvgIpc) is 3.17. The number of carboxylic acids is 1. The molecule has 5 nitrogen and oxygen atoms in total. The van der Waals surface area contributed by atoms with Crippen LogP contribution < -0.4 is 0 Å². The third kappa shape index (κ3) is 2.59. The van der Waals surface area contributed by atoms with Gasteiger partial charge in [-0.15, -0.1) is 0 Å². The molecule has 1 aliphatic heterocycles. The van der Waals surface area contributed by atoms with Crippen LogP contribution in [-0.2, 0) is 0 Å². The van der Waals surface area contributed by atoms with Crippen molar-refractivity contribution in [2.24, 2.45) is 0 Å². The number of amides is 1. The third-order valence-corrected chi connectivity index (χ3v) is 3.80. The van der Waals surface area contributed by atoms with Gasteiger partial charge in [0, 0.05) is 6.54 Å². The summed E-state index contributed by atoms with van der Waals surface area (Å²) in [7, 11) is 0. The van der Waals surface area contributed by atoms with E-state index in [1.165, 1.54) is 24.3 Å². The Labute approximate surface area is 126 Å². The Morgan fingerprint density at radius 3 is 2.45 bits per heavy atom. The molecule has 0 radical (unpaired) electrons. The number of carbonyl (C=O) groups is 2. The van der Waals surface area contributed by atoms with E-state index in [9.17, 15) is 14.0 Å². The van der Waals surface area contributed by atoms with Crippen molar-refractivity contribution >= 4 is 11.9 Å². The van der Waals surface area contributed by atoms with Crippen LogP contribution in [0.5, 0.6) is 0 Å². The zero-order chi connectivity index (χ0) is 15.7. The molecule has 3 rings (SSSR count). The van der Waals surface area contributed by atoms with E-state index < -0.39 is 5.97 Å². The highest BCUT2D eigenvalue weighted by Crippen LogP contribution is 2.33. The van der Waals surface area contributed by atoms with Crippen LogP contribution in [0.4, 0.5) is 4.39 Å². The minimum atomic E-state index is -1.21. The first-order valence-electron chi connectivity index (χ1n) is 6.96. The van der Waals surface area contributed by atoms with E-state index in [4.69, 9.17) is 9.52 Å². The van der Waals surface area contributed by atoms with Crippen LogP contribution >= 0.6 is 0 Å². The highest BCUT2D eigenvalue weighted by molar-refractivity contribution is 5.94. The van der Waals surface area contributed by atoms with E-state index in [1.54, 1.807) is 17.0 Å². The minimum Gasteiger partial charge on any atom is -0.475 e. The highest BCUT2D eigenvalue weighted by atomic mass is 19.1. The van der Waals surface area contributed by atoms with Gasteiger partial charge in [0.05, 0.1) is 6.04 Å². The SMILES string of the molecule is O=C(O)c1ccc(C(=O)N2CCC[C@H]2c2ccc(F)cc2)o1. The van der Waals surface area contributed by atoms with Gasteiger partial charge in [0.2, 0.25) is 5.76 Å². The van der Waals surface area contributed by atoms with E-state index in [-0.39, 0.29) is 29.3 Å². The summed E-state index contributed by atoms with van der Waals surface area (Å²) in [6.45, 7) is 0.560. The van der Waals surface area contributed by atoms with Crippen molar-refractivity contribution in [1.82, 2.24) is 4.90 Å². The van der Waals surface area contributed by atoms with Crippen molar-refractivity contribution < 1.29 is 23.5 Å². The van der Waals surface area contributed by atoms with Gasteiger partial charge in [-0.2, -0.15) is 0 Å². The Morgan fingerprint density at radius 2 is 1.82 bits per heavy atom. The lowest BCUT2D eigenvalue weighted by Gasteiger charge is -2.24. The summed E-state index contributed by atoms with van der Waals surface area (Å²) in [5.41, 5.74) is 0.859. The van der Waals surface area contributed by atoms with E-state index in [2.05, 4.69) is 0 Å². The predicted octanol–water partition coefficient (Wildman–Crippen LogP) is 3.09. The number of aromatic carboxylic acids is 1. The Hall–Kier alpha value is -2.63. The molecule has 1 fully saturated rings. The number of likely N-dealkylation sites (tertiary alicyclic amines) is 1. The van der Waals surface area contributed by atoms with Gasteiger partial charge in [0.25, 0.3) is 5.91 Å². The first-order chi connectivity index (χ1) is 10.6. The molecule has 1 amide bonds. The molecule has 6 heteroatoms. The van der Waals surface area contributed by atoms with Crippen LogP contribution in [0.3, 0.4) is 0 Å². The quantitative estimate of drug-likeness (QED) is 0.946. The first kappa shape index (κ1) is 14.3. The number of carboxylic acid groups (broad SMARTS) is 1. The molecule has 1 aromatic carbocycles. The lowest BCUT2D eigenvalue weighted by atomic mass is 10.0. The molecule has 1 aliphatic rings. The summed E-state index contributed by atoms with van der Waals surface area (Å²) < 4.78 is 18.1. The fourth-order valence-electron chi connectivity index (χ4n) is 2.75. The van der Waals surface area contributed by atoms with Gasteiger partial charge in [-0.05, 0) is 42.7 Å². The predicted molar refractivity (Wildman–Crippen MR) is 75.1 cm³/mol. The second kappa shape index (κ2) is 5.63. The highest BCUT2D eigenvalue weighted by Gasteiger charge is 2.32. The maximum absolute atomic E-state index is 13.0. The van der Waals surface area contributed by atoms with Gasteiger partial charge in [0.15, 0.2) is 5.76 Å². The smallest absolute Gasteiger partial charge is 0.371 e. The van der Waals surface area contributed by atoms with Crippen molar-refractivity contribution in [2.45, 2.75) is 18.9 Å². The van der Waals surface area contributed by atoms with Gasteiger partial charge in [-0.25, -0.2) is 9.18 Å². The number of rotatable bonds is 3. The molecule has 0 unspecified atom stereocenters. The summed E-state index contributed by atoms with van der Waals surface area (Å²) >= 11 is 0. The number of benzene rings is 1. The topological polar surface area (TPSA) is 70.8 Å². The Kier molecular flexibility index (Phi) is 3.66. The van der Waals surface area contributed by atoms with Gasteiger partial charge < -0.3 is 14.4 Å². The molecular weight excluding hydrogens is 289 g/mol. The van der Waals surface area contributed by atoms with Crippen molar-refractivity contribution in [3.8, 4) is 0 Å². The number of furan rings is 1. The summed E-state index contributed by atoms with van der Waals surface area (Å²) in [6, 6.07) is 8.54. The lowest BCUT2D eigenvalue weighted by molar-refractivity contribution is 0.0645. The Morgan fingerprint density at radius 1 is 1.14 bits per heavy atom. The second-order valence-electron chi connectivity index (χ2n) is 5.18. The molecule has 0 bridgehead atoms. The van der Waals surface area contributed by atoms with Gasteiger partial charge >= 0.3 is 5.97 Å². The van der Waals surface area contributed by atoms with Crippen LogP contribution in [0, 0.1) is 5.82 Å². The zero-order valence-corrected chi connectivity index (χ0v) is 11.7. The maximum Gasteiger partial charge on any atom is 0.371 e. The monoisotopic (exact) mass is 303 g/mol. The van der Waals surface area contributed by atoms with Crippen LogP contribution in [0.15, 0.2) is 40.8 Å². The van der Waals surface area contributed by atoms with Crippen molar-refractivity contribution in [1.29, 1.82) is 0 Å². The molecule has 2 heterocycles. The largest absolute Gasteiger partial charge is 0.475 e. The first-order valence-corrected chi connectivity index (χ1v) is 6.96. The summed E-state index contributed by atoms with van der Waals surface area (Å²) in [6.07, 6.45) is 1.62. The molecule has 114 valence electrons. The Balaban J connectivity index is 1.84. The molecule has 22 heavy (non-hydrogen) atoms. The fraction of sp³-hybridized carbons (Fsp3) is 0.250. The normalized spacial score (nSPS) is 17.7. The molecule has 1 atom stereocenters. The number of halogens is 1. The van der Waals surface area contributed by atoms with E-state index in [1.807, 2.05) is 0 Å². The number of hydrogen-bond donors (Lipinski definition) is 1. The summed E-state index contributed by atoms with van der Waals surface area (Å²) in [5, 5.41) is 8.85. The number of hydrogen-bond acceptors (Lipinski definition) is 3. The number of carbonyl (C=O) groups excluding carboxylic acids is 1. The van der Waals surface area contributed by atoms with Crippen molar-refractivity contribution in [3.63, 3.8) is 0 Å². The molecule has 0 aliphatic carbocycles. The zero-order valence-electron chi connectivity index (χ0n) is 11.7. The van der Waals surface area contributed by atoms with Crippen LogP contribution in [-0.4, -0.2) is 28.4 Å². The second-order valence-corrected chi connectivity index (χ2v) is 5.18. The molecule has 2 aromatic rings. The maximum atomic E-state index is 13.0. The van der Waals surface area contributed by atoms with Gasteiger partial charge in [-0.1, -0.05) is 12.1 Å². The van der Waals surface area contributed by atoms with E-state index >= 15 is 0 Å². The fourth-order valence-corrected chi connectivity index (χ4v) is 2.75. The van der Waals surface area contributed by atoms with Gasteiger partial charge in [-0.3, -0.25) is 4.79 Å². The molecule has 1 N–H and O–H groups in total. The molecule has 0 saturated carbocycles.